The lowest BCUT2D eigenvalue weighted by atomic mass is 10.1. The molecule has 1 nitrogen and oxygen atoms in total. The third-order valence-corrected chi connectivity index (χ3v) is 2.41. The van der Waals surface area contributed by atoms with Crippen molar-refractivity contribution in [2.24, 2.45) is 0 Å². The Morgan fingerprint density at radius 1 is 1.33 bits per heavy atom. The second-order valence-electron chi connectivity index (χ2n) is 3.50. The van der Waals surface area contributed by atoms with Crippen molar-refractivity contribution in [1.29, 1.82) is 0 Å². The maximum absolute atomic E-state index is 3.19. The van der Waals surface area contributed by atoms with Gasteiger partial charge in [-0.1, -0.05) is 23.3 Å². The van der Waals surface area contributed by atoms with Crippen LogP contribution in [0.25, 0.3) is 0 Å². The third kappa shape index (κ3) is 3.22. The van der Waals surface area contributed by atoms with Crippen molar-refractivity contribution in [2.75, 3.05) is 13.6 Å². The molecule has 1 rings (SSSR count). The predicted molar refractivity (Wildman–Crippen MR) is 54.2 cm³/mol. The van der Waals surface area contributed by atoms with Crippen molar-refractivity contribution in [2.45, 2.75) is 32.6 Å². The summed E-state index contributed by atoms with van der Waals surface area (Å²) >= 11 is 0. The van der Waals surface area contributed by atoms with E-state index in [1.54, 1.807) is 11.1 Å². The summed E-state index contributed by atoms with van der Waals surface area (Å²) in [6.07, 6.45) is 9.61. The first-order valence-electron chi connectivity index (χ1n) is 4.81. The monoisotopic (exact) mass is 165 g/mol. The zero-order valence-electron chi connectivity index (χ0n) is 8.19. The molecular formula is C11H19N. The lowest BCUT2D eigenvalue weighted by Gasteiger charge is -2.04. The Morgan fingerprint density at radius 2 is 2.17 bits per heavy atom. The van der Waals surface area contributed by atoms with Gasteiger partial charge < -0.3 is 5.32 Å². The first-order valence-corrected chi connectivity index (χ1v) is 4.81. The molecule has 1 aliphatic rings. The van der Waals surface area contributed by atoms with Crippen LogP contribution in [0.4, 0.5) is 0 Å². The molecule has 0 saturated carbocycles. The van der Waals surface area contributed by atoms with Gasteiger partial charge in [-0.15, -0.1) is 0 Å². The molecule has 0 radical (unpaired) electrons. The molecule has 0 unspecified atom stereocenters. The molecule has 0 aromatic heterocycles. The van der Waals surface area contributed by atoms with Crippen molar-refractivity contribution >= 4 is 0 Å². The van der Waals surface area contributed by atoms with E-state index in [0.717, 1.165) is 13.0 Å². The summed E-state index contributed by atoms with van der Waals surface area (Å²) in [6.45, 7) is 3.35. The molecule has 0 saturated heterocycles. The van der Waals surface area contributed by atoms with Crippen molar-refractivity contribution in [3.05, 3.63) is 23.3 Å². The summed E-state index contributed by atoms with van der Waals surface area (Å²) in [5.74, 6) is 0. The maximum Gasteiger partial charge on any atom is -0.00146 e. The van der Waals surface area contributed by atoms with Gasteiger partial charge >= 0.3 is 0 Å². The van der Waals surface area contributed by atoms with E-state index in [9.17, 15) is 0 Å². The van der Waals surface area contributed by atoms with Gasteiger partial charge in [0, 0.05) is 0 Å². The Balaban J connectivity index is 2.33. The molecule has 0 bridgehead atoms. The quantitative estimate of drug-likeness (QED) is 0.634. The SMILES string of the molecule is CNCCC1=CCC=C(C)CC1. The van der Waals surface area contributed by atoms with Gasteiger partial charge in [-0.05, 0) is 46.2 Å². The smallest absolute Gasteiger partial charge is 0.00146 e. The van der Waals surface area contributed by atoms with Crippen LogP contribution >= 0.6 is 0 Å². The molecule has 0 aromatic carbocycles. The fourth-order valence-corrected chi connectivity index (χ4v) is 1.50. The normalized spacial score (nSPS) is 18.2. The van der Waals surface area contributed by atoms with Crippen molar-refractivity contribution in [1.82, 2.24) is 5.32 Å². The Hall–Kier alpha value is -0.560. The highest BCUT2D eigenvalue weighted by Gasteiger charge is 2.01. The van der Waals surface area contributed by atoms with Crippen molar-refractivity contribution in [3.63, 3.8) is 0 Å². The molecule has 0 aromatic rings. The van der Waals surface area contributed by atoms with E-state index < -0.39 is 0 Å². The highest BCUT2D eigenvalue weighted by Crippen LogP contribution is 2.19. The number of rotatable bonds is 3. The van der Waals surface area contributed by atoms with Gasteiger partial charge in [0.25, 0.3) is 0 Å². The molecule has 0 heterocycles. The van der Waals surface area contributed by atoms with Crippen LogP contribution in [0.15, 0.2) is 23.3 Å². The summed E-state index contributed by atoms with van der Waals surface area (Å²) in [5.41, 5.74) is 3.17. The lowest BCUT2D eigenvalue weighted by Crippen LogP contribution is -2.08. The van der Waals surface area contributed by atoms with Crippen molar-refractivity contribution < 1.29 is 0 Å². The van der Waals surface area contributed by atoms with Gasteiger partial charge in [0.1, 0.15) is 0 Å². The summed E-state index contributed by atoms with van der Waals surface area (Å²) in [4.78, 5) is 0. The maximum atomic E-state index is 3.19. The summed E-state index contributed by atoms with van der Waals surface area (Å²) in [5, 5.41) is 3.19. The molecule has 1 aliphatic carbocycles. The molecule has 0 aliphatic heterocycles. The third-order valence-electron chi connectivity index (χ3n) is 2.41. The van der Waals surface area contributed by atoms with Gasteiger partial charge in [-0.3, -0.25) is 0 Å². The summed E-state index contributed by atoms with van der Waals surface area (Å²) in [7, 11) is 2.01. The Kier molecular flexibility index (Phi) is 4.09. The summed E-state index contributed by atoms with van der Waals surface area (Å²) in [6, 6.07) is 0. The first-order chi connectivity index (χ1) is 5.83. The van der Waals surface area contributed by atoms with E-state index >= 15 is 0 Å². The van der Waals surface area contributed by atoms with Crippen molar-refractivity contribution in [3.8, 4) is 0 Å². The van der Waals surface area contributed by atoms with Gasteiger partial charge in [-0.25, -0.2) is 0 Å². The van der Waals surface area contributed by atoms with Crippen LogP contribution in [0, 0.1) is 0 Å². The second-order valence-corrected chi connectivity index (χ2v) is 3.50. The highest BCUT2D eigenvalue weighted by molar-refractivity contribution is 5.14. The average molecular weight is 165 g/mol. The van der Waals surface area contributed by atoms with E-state index in [4.69, 9.17) is 0 Å². The van der Waals surface area contributed by atoms with Crippen LogP contribution in [0.3, 0.4) is 0 Å². The van der Waals surface area contributed by atoms with Gasteiger partial charge in [-0.2, -0.15) is 0 Å². The van der Waals surface area contributed by atoms with Crippen LogP contribution < -0.4 is 5.32 Å². The van der Waals surface area contributed by atoms with E-state index in [1.165, 1.54) is 19.3 Å². The Bertz CT molecular complexity index is 189. The van der Waals surface area contributed by atoms with Crippen LogP contribution in [0.2, 0.25) is 0 Å². The topological polar surface area (TPSA) is 12.0 Å². The van der Waals surface area contributed by atoms with Crippen LogP contribution in [0.1, 0.15) is 32.6 Å². The standard InChI is InChI=1S/C11H19N/c1-10-4-3-5-11(7-6-10)8-9-12-2/h4-5,12H,3,6-9H2,1-2H3. The number of allylic oxidation sites excluding steroid dienone is 3. The van der Waals surface area contributed by atoms with E-state index in [0.29, 0.717) is 0 Å². The second kappa shape index (κ2) is 5.15. The van der Waals surface area contributed by atoms with Gasteiger partial charge in [0.15, 0.2) is 0 Å². The Labute approximate surface area is 75.6 Å². The average Bonchev–Trinajstić information content (AvgIpc) is 2.27. The molecule has 12 heavy (non-hydrogen) atoms. The minimum absolute atomic E-state index is 1.12. The predicted octanol–water partition coefficient (Wildman–Crippen LogP) is 2.65. The minimum Gasteiger partial charge on any atom is -0.319 e. The molecule has 1 heteroatoms. The molecule has 0 fully saturated rings. The number of hydrogen-bond acceptors (Lipinski definition) is 1. The van der Waals surface area contributed by atoms with Crippen LogP contribution in [-0.2, 0) is 0 Å². The molecule has 0 amide bonds. The molecule has 0 atom stereocenters. The Morgan fingerprint density at radius 3 is 2.92 bits per heavy atom. The van der Waals surface area contributed by atoms with Gasteiger partial charge in [0.2, 0.25) is 0 Å². The highest BCUT2D eigenvalue weighted by atomic mass is 14.8. The minimum atomic E-state index is 1.12. The van der Waals surface area contributed by atoms with E-state index in [-0.39, 0.29) is 0 Å². The zero-order chi connectivity index (χ0) is 8.81. The molecule has 68 valence electrons. The number of nitrogens with one attached hydrogen (secondary N) is 1. The largest absolute Gasteiger partial charge is 0.319 e. The fraction of sp³-hybridized carbons (Fsp3) is 0.636. The molecule has 1 N–H and O–H groups in total. The number of hydrogen-bond donors (Lipinski definition) is 1. The van der Waals surface area contributed by atoms with E-state index in [2.05, 4.69) is 24.4 Å². The molecule has 0 spiro atoms. The fourth-order valence-electron chi connectivity index (χ4n) is 1.50. The molecular weight excluding hydrogens is 146 g/mol. The van der Waals surface area contributed by atoms with Crippen LogP contribution in [0.5, 0.6) is 0 Å². The first kappa shape index (κ1) is 9.53. The van der Waals surface area contributed by atoms with Crippen LogP contribution in [-0.4, -0.2) is 13.6 Å². The zero-order valence-corrected chi connectivity index (χ0v) is 8.19. The van der Waals surface area contributed by atoms with E-state index in [1.807, 2.05) is 7.05 Å². The van der Waals surface area contributed by atoms with Gasteiger partial charge in [0.05, 0.1) is 0 Å². The summed E-state index contributed by atoms with van der Waals surface area (Å²) < 4.78 is 0. The lowest BCUT2D eigenvalue weighted by molar-refractivity contribution is 0.752.